The van der Waals surface area contributed by atoms with Crippen molar-refractivity contribution in [1.82, 2.24) is 4.57 Å². The normalized spacial score (nSPS) is 13.2. The van der Waals surface area contributed by atoms with Crippen molar-refractivity contribution in [2.24, 2.45) is 15.3 Å². The van der Waals surface area contributed by atoms with E-state index >= 15 is 0 Å². The van der Waals surface area contributed by atoms with Gasteiger partial charge in [-0.05, 0) is 12.1 Å². The van der Waals surface area contributed by atoms with Crippen LogP contribution < -0.4 is 10.9 Å². The minimum atomic E-state index is -3.91. The third-order valence-electron chi connectivity index (χ3n) is 1.09. The van der Waals surface area contributed by atoms with Gasteiger partial charge in [-0.3, -0.25) is 4.57 Å². The van der Waals surface area contributed by atoms with Crippen LogP contribution in [0.4, 0.5) is 0 Å². The molecule has 0 aliphatic rings. The van der Waals surface area contributed by atoms with Gasteiger partial charge in [-0.15, -0.1) is 4.40 Å². The molecular weight excluding hydrogens is 180 g/mol. The maximum absolute atomic E-state index is 10.4. The van der Waals surface area contributed by atoms with Crippen molar-refractivity contribution in [2.45, 2.75) is 0 Å². The lowest BCUT2D eigenvalue weighted by molar-refractivity contribution is 0.599. The predicted molar refractivity (Wildman–Crippen MR) is 44.6 cm³/mol. The molecule has 0 aromatic carbocycles. The summed E-state index contributed by atoms with van der Waals surface area (Å²) in [5.41, 5.74) is 5.28. The molecule has 1 heterocycles. The van der Waals surface area contributed by atoms with E-state index < -0.39 is 10.2 Å². The van der Waals surface area contributed by atoms with Gasteiger partial charge in [-0.25, -0.2) is 5.14 Å². The lowest BCUT2D eigenvalue weighted by Crippen LogP contribution is -2.24. The van der Waals surface area contributed by atoms with Gasteiger partial charge in [0.2, 0.25) is 5.96 Å². The molecule has 66 valence electrons. The van der Waals surface area contributed by atoms with E-state index in [0.29, 0.717) is 0 Å². The van der Waals surface area contributed by atoms with E-state index in [1.165, 1.54) is 4.57 Å². The largest absolute Gasteiger partial charge is 0.368 e. The highest BCUT2D eigenvalue weighted by Gasteiger charge is 2.00. The first-order valence-corrected chi connectivity index (χ1v) is 4.51. The monoisotopic (exact) mass is 188 g/mol. The molecule has 12 heavy (non-hydrogen) atoms. The van der Waals surface area contributed by atoms with Gasteiger partial charge in [0.15, 0.2) is 0 Å². The number of nitrogens with two attached hydrogens (primary N) is 2. The van der Waals surface area contributed by atoms with Gasteiger partial charge in [0.05, 0.1) is 0 Å². The Hall–Kier alpha value is -1.34. The standard InChI is InChI=1S/C5H8N4O2S/c6-5(8-12(7,10)11)9-3-1-2-4-9/h1-4H,(H2,6,8)(H2,7,10,11). The summed E-state index contributed by atoms with van der Waals surface area (Å²) < 4.78 is 25.3. The maximum Gasteiger partial charge on any atom is 0.320 e. The van der Waals surface area contributed by atoms with E-state index in [2.05, 4.69) is 9.54 Å². The number of nitrogens with zero attached hydrogens (tertiary/aromatic N) is 2. The van der Waals surface area contributed by atoms with Gasteiger partial charge in [0.1, 0.15) is 0 Å². The molecule has 1 aromatic heterocycles. The quantitative estimate of drug-likeness (QED) is 0.429. The van der Waals surface area contributed by atoms with Crippen molar-refractivity contribution >= 4 is 16.2 Å². The molecule has 0 fully saturated rings. The molecular formula is C5H8N4O2S. The van der Waals surface area contributed by atoms with Gasteiger partial charge in [0, 0.05) is 12.4 Å². The summed E-state index contributed by atoms with van der Waals surface area (Å²) >= 11 is 0. The molecule has 0 aliphatic heterocycles. The highest BCUT2D eigenvalue weighted by molar-refractivity contribution is 7.88. The Morgan fingerprint density at radius 1 is 1.33 bits per heavy atom. The molecule has 0 spiro atoms. The summed E-state index contributed by atoms with van der Waals surface area (Å²) in [7, 11) is -3.91. The summed E-state index contributed by atoms with van der Waals surface area (Å²) in [5.74, 6) is -0.178. The topological polar surface area (TPSA) is 103 Å². The fourth-order valence-corrected chi connectivity index (χ4v) is 1.02. The number of rotatable bonds is 1. The summed E-state index contributed by atoms with van der Waals surface area (Å²) in [4.78, 5) is 0. The van der Waals surface area contributed by atoms with Crippen LogP contribution in [0.1, 0.15) is 0 Å². The van der Waals surface area contributed by atoms with E-state index in [1.807, 2.05) is 0 Å². The predicted octanol–water partition coefficient (Wildman–Crippen LogP) is -1.15. The molecule has 0 bridgehead atoms. The van der Waals surface area contributed by atoms with Crippen LogP contribution in [0.15, 0.2) is 28.9 Å². The smallest absolute Gasteiger partial charge is 0.320 e. The molecule has 0 atom stereocenters. The molecule has 0 saturated heterocycles. The molecule has 4 N–H and O–H groups in total. The van der Waals surface area contributed by atoms with Crippen molar-refractivity contribution in [2.75, 3.05) is 0 Å². The number of aromatic nitrogens is 1. The molecule has 0 radical (unpaired) electrons. The van der Waals surface area contributed by atoms with Gasteiger partial charge in [-0.1, -0.05) is 0 Å². The fraction of sp³-hybridized carbons (Fsp3) is 0. The highest BCUT2D eigenvalue weighted by atomic mass is 32.2. The van der Waals surface area contributed by atoms with Crippen molar-refractivity contribution in [3.05, 3.63) is 24.5 Å². The van der Waals surface area contributed by atoms with Crippen molar-refractivity contribution in [1.29, 1.82) is 0 Å². The molecule has 7 heteroatoms. The van der Waals surface area contributed by atoms with Crippen LogP contribution in [0.3, 0.4) is 0 Å². The van der Waals surface area contributed by atoms with E-state index in [4.69, 9.17) is 5.73 Å². The molecule has 0 amide bonds. The fourth-order valence-electron chi connectivity index (χ4n) is 0.665. The zero-order chi connectivity index (χ0) is 9.19. The highest BCUT2D eigenvalue weighted by Crippen LogP contribution is 1.89. The zero-order valence-corrected chi connectivity index (χ0v) is 6.90. The molecule has 0 saturated carbocycles. The van der Waals surface area contributed by atoms with E-state index in [1.54, 1.807) is 24.5 Å². The lowest BCUT2D eigenvalue weighted by Gasteiger charge is -1.98. The van der Waals surface area contributed by atoms with Crippen LogP contribution in [0.2, 0.25) is 0 Å². The zero-order valence-electron chi connectivity index (χ0n) is 6.08. The van der Waals surface area contributed by atoms with Crippen LogP contribution >= 0.6 is 0 Å². The first-order chi connectivity index (χ1) is 5.49. The summed E-state index contributed by atoms with van der Waals surface area (Å²) in [6.07, 6.45) is 3.12. The lowest BCUT2D eigenvalue weighted by atomic mass is 10.7. The molecule has 1 rings (SSSR count). The molecule has 1 aromatic rings. The van der Waals surface area contributed by atoms with Crippen LogP contribution in [0.25, 0.3) is 0 Å². The van der Waals surface area contributed by atoms with Gasteiger partial charge in [-0.2, -0.15) is 8.42 Å². The average molecular weight is 188 g/mol. The second-order valence-corrected chi connectivity index (χ2v) is 3.27. The van der Waals surface area contributed by atoms with E-state index in [9.17, 15) is 8.42 Å². The SMILES string of the molecule is N/C(=N\S(N)(=O)=O)n1cccc1. The van der Waals surface area contributed by atoms with Crippen LogP contribution in [0, 0.1) is 0 Å². The van der Waals surface area contributed by atoms with E-state index in [-0.39, 0.29) is 5.96 Å². The van der Waals surface area contributed by atoms with Gasteiger partial charge in [0.25, 0.3) is 0 Å². The number of hydrogen-bond donors (Lipinski definition) is 2. The first kappa shape index (κ1) is 8.75. The van der Waals surface area contributed by atoms with Crippen LogP contribution in [0.5, 0.6) is 0 Å². The Balaban J connectivity index is 3.01. The van der Waals surface area contributed by atoms with Crippen LogP contribution in [-0.2, 0) is 10.2 Å². The summed E-state index contributed by atoms with van der Waals surface area (Å²) in [6, 6.07) is 3.37. The summed E-state index contributed by atoms with van der Waals surface area (Å²) in [5, 5.41) is 4.63. The Kier molecular flexibility index (Phi) is 2.15. The second-order valence-electron chi connectivity index (χ2n) is 2.05. The second kappa shape index (κ2) is 2.95. The minimum Gasteiger partial charge on any atom is -0.368 e. The third-order valence-corrected chi connectivity index (χ3v) is 1.53. The van der Waals surface area contributed by atoms with Gasteiger partial charge >= 0.3 is 10.2 Å². The Morgan fingerprint density at radius 3 is 2.25 bits per heavy atom. The average Bonchev–Trinajstić information content (AvgIpc) is 2.32. The van der Waals surface area contributed by atoms with Crippen molar-refractivity contribution in [3.63, 3.8) is 0 Å². The third kappa shape index (κ3) is 2.36. The molecule has 0 aliphatic carbocycles. The number of hydrogen-bond acceptors (Lipinski definition) is 2. The van der Waals surface area contributed by atoms with Gasteiger partial charge < -0.3 is 5.73 Å². The van der Waals surface area contributed by atoms with Crippen LogP contribution in [-0.4, -0.2) is 18.9 Å². The Labute approximate surface area is 69.7 Å². The first-order valence-electron chi connectivity index (χ1n) is 3.00. The van der Waals surface area contributed by atoms with Crippen molar-refractivity contribution in [3.8, 4) is 0 Å². The van der Waals surface area contributed by atoms with E-state index in [0.717, 1.165) is 0 Å². The maximum atomic E-state index is 10.4. The molecule has 6 nitrogen and oxygen atoms in total. The Morgan fingerprint density at radius 2 is 1.83 bits per heavy atom. The van der Waals surface area contributed by atoms with Crippen molar-refractivity contribution < 1.29 is 8.42 Å². The molecule has 0 unspecified atom stereocenters. The minimum absolute atomic E-state index is 0.178. The Bertz CT molecular complexity index is 378. The summed E-state index contributed by atoms with van der Waals surface area (Å²) in [6.45, 7) is 0.